The van der Waals surface area contributed by atoms with E-state index in [4.69, 9.17) is 4.74 Å². The summed E-state index contributed by atoms with van der Waals surface area (Å²) in [5.74, 6) is -0.531. The molecule has 1 atom stereocenters. The van der Waals surface area contributed by atoms with Crippen molar-refractivity contribution in [3.8, 4) is 0 Å². The van der Waals surface area contributed by atoms with E-state index < -0.39 is 17.0 Å². The molecule has 2 rings (SSSR count). The van der Waals surface area contributed by atoms with E-state index in [1.807, 2.05) is 0 Å². The summed E-state index contributed by atoms with van der Waals surface area (Å²) in [4.78, 5) is 25.9. The van der Waals surface area contributed by atoms with Crippen molar-refractivity contribution in [3.05, 3.63) is 70.0 Å². The van der Waals surface area contributed by atoms with Gasteiger partial charge in [0.25, 0.3) is 5.69 Å². The van der Waals surface area contributed by atoms with Crippen LogP contribution >= 0.6 is 0 Å². The van der Waals surface area contributed by atoms with Crippen LogP contribution in [0.4, 0.5) is 5.69 Å². The predicted molar refractivity (Wildman–Crippen MR) is 71.2 cm³/mol. The lowest BCUT2D eigenvalue weighted by Crippen LogP contribution is -2.09. The largest absolute Gasteiger partial charge is 0.454 e. The molecular weight excluding hydrogens is 260 g/mol. The molecule has 1 aromatic heterocycles. The summed E-state index contributed by atoms with van der Waals surface area (Å²) in [5, 5.41) is 10.5. The molecule has 0 aliphatic carbocycles. The number of esters is 1. The first-order valence-electron chi connectivity index (χ1n) is 5.93. The number of carbonyl (C=O) groups is 1. The van der Waals surface area contributed by atoms with Crippen LogP contribution in [-0.4, -0.2) is 15.9 Å². The molecule has 6 nitrogen and oxygen atoms in total. The molecule has 0 aliphatic heterocycles. The Hall–Kier alpha value is -2.76. The lowest BCUT2D eigenvalue weighted by molar-refractivity contribution is -0.384. The van der Waals surface area contributed by atoms with Crippen LogP contribution in [-0.2, 0) is 4.74 Å². The van der Waals surface area contributed by atoms with Crippen LogP contribution in [0.2, 0.25) is 0 Å². The Kier molecular flexibility index (Phi) is 4.05. The molecule has 0 amide bonds. The van der Waals surface area contributed by atoms with Gasteiger partial charge in [-0.3, -0.25) is 15.1 Å². The van der Waals surface area contributed by atoms with Gasteiger partial charge in [-0.2, -0.15) is 0 Å². The van der Waals surface area contributed by atoms with Crippen LogP contribution < -0.4 is 0 Å². The number of non-ortho nitro benzene ring substituents is 1. The number of pyridine rings is 1. The molecule has 102 valence electrons. The highest BCUT2D eigenvalue weighted by atomic mass is 16.6. The maximum atomic E-state index is 11.9. The van der Waals surface area contributed by atoms with Gasteiger partial charge in [-0.05, 0) is 25.1 Å². The summed E-state index contributed by atoms with van der Waals surface area (Å²) in [7, 11) is 0. The van der Waals surface area contributed by atoms with Crippen LogP contribution in [0.5, 0.6) is 0 Å². The molecule has 0 saturated heterocycles. The van der Waals surface area contributed by atoms with Crippen LogP contribution in [0.15, 0.2) is 48.8 Å². The molecule has 1 aromatic carbocycles. The number of hydrogen-bond acceptors (Lipinski definition) is 5. The molecule has 0 bridgehead atoms. The highest BCUT2D eigenvalue weighted by molar-refractivity contribution is 5.89. The number of aromatic nitrogens is 1. The first kappa shape index (κ1) is 13.7. The quantitative estimate of drug-likeness (QED) is 0.485. The number of nitro benzene ring substituents is 1. The van der Waals surface area contributed by atoms with E-state index in [0.29, 0.717) is 0 Å². The molecule has 1 heterocycles. The summed E-state index contributed by atoms with van der Waals surface area (Å²) in [6.45, 7) is 1.74. The highest BCUT2D eigenvalue weighted by Crippen LogP contribution is 2.18. The summed E-state index contributed by atoms with van der Waals surface area (Å²) in [5.41, 5.74) is 0.982. The van der Waals surface area contributed by atoms with Gasteiger partial charge in [0, 0.05) is 30.1 Å². The zero-order valence-corrected chi connectivity index (χ0v) is 10.7. The van der Waals surface area contributed by atoms with Crippen LogP contribution in [0.3, 0.4) is 0 Å². The molecule has 0 fully saturated rings. The fourth-order valence-electron chi connectivity index (χ4n) is 1.63. The minimum atomic E-state index is -0.531. The molecule has 0 aliphatic rings. The van der Waals surface area contributed by atoms with Gasteiger partial charge in [0.15, 0.2) is 0 Å². The second-order valence-corrected chi connectivity index (χ2v) is 4.14. The molecule has 2 aromatic rings. The van der Waals surface area contributed by atoms with Crippen molar-refractivity contribution in [2.24, 2.45) is 0 Å². The molecule has 0 unspecified atom stereocenters. The molecule has 0 spiro atoms. The van der Waals surface area contributed by atoms with E-state index in [2.05, 4.69) is 4.98 Å². The van der Waals surface area contributed by atoms with E-state index in [9.17, 15) is 14.9 Å². The molecule has 6 heteroatoms. The van der Waals surface area contributed by atoms with Crippen molar-refractivity contribution in [1.29, 1.82) is 0 Å². The van der Waals surface area contributed by atoms with Crippen molar-refractivity contribution in [1.82, 2.24) is 4.98 Å². The Morgan fingerprint density at radius 3 is 2.55 bits per heavy atom. The van der Waals surface area contributed by atoms with Gasteiger partial charge in [0.2, 0.25) is 0 Å². The van der Waals surface area contributed by atoms with Crippen molar-refractivity contribution in [2.75, 3.05) is 0 Å². The third-order valence-electron chi connectivity index (χ3n) is 2.75. The van der Waals surface area contributed by atoms with Crippen molar-refractivity contribution in [3.63, 3.8) is 0 Å². The first-order chi connectivity index (χ1) is 9.58. The zero-order valence-electron chi connectivity index (χ0n) is 10.7. The lowest BCUT2D eigenvalue weighted by atomic mass is 10.2. The number of hydrogen-bond donors (Lipinski definition) is 0. The van der Waals surface area contributed by atoms with Crippen molar-refractivity contribution >= 4 is 11.7 Å². The fraction of sp³-hybridized carbons (Fsp3) is 0.143. The monoisotopic (exact) mass is 272 g/mol. The number of ether oxygens (including phenoxy) is 1. The van der Waals surface area contributed by atoms with Crippen LogP contribution in [0, 0.1) is 10.1 Å². The number of rotatable bonds is 4. The van der Waals surface area contributed by atoms with Crippen molar-refractivity contribution in [2.45, 2.75) is 13.0 Å². The first-order valence-corrected chi connectivity index (χ1v) is 5.93. The Balaban J connectivity index is 2.06. The van der Waals surface area contributed by atoms with Gasteiger partial charge >= 0.3 is 5.97 Å². The van der Waals surface area contributed by atoms with Gasteiger partial charge in [0.05, 0.1) is 10.5 Å². The summed E-state index contributed by atoms with van der Waals surface area (Å²) in [6, 6.07) is 8.84. The highest BCUT2D eigenvalue weighted by Gasteiger charge is 2.15. The number of nitro groups is 1. The number of benzene rings is 1. The van der Waals surface area contributed by atoms with E-state index in [0.717, 1.165) is 5.56 Å². The topological polar surface area (TPSA) is 82.3 Å². The second kappa shape index (κ2) is 5.92. The third kappa shape index (κ3) is 3.17. The van der Waals surface area contributed by atoms with Crippen LogP contribution in [0.1, 0.15) is 28.9 Å². The molecular formula is C14H12N2O4. The number of carbonyl (C=O) groups excluding carboxylic acids is 1. The van der Waals surface area contributed by atoms with Crippen molar-refractivity contribution < 1.29 is 14.5 Å². The SMILES string of the molecule is C[C@@H](OC(=O)c1ccc([N+](=O)[O-])cc1)c1cccnc1. The Morgan fingerprint density at radius 1 is 1.30 bits per heavy atom. The zero-order chi connectivity index (χ0) is 14.5. The lowest BCUT2D eigenvalue weighted by Gasteiger charge is -2.12. The summed E-state index contributed by atoms with van der Waals surface area (Å²) < 4.78 is 5.27. The Labute approximate surface area is 115 Å². The molecule has 0 N–H and O–H groups in total. The summed E-state index contributed by atoms with van der Waals surface area (Å²) in [6.07, 6.45) is 2.81. The van der Waals surface area contributed by atoms with Crippen LogP contribution in [0.25, 0.3) is 0 Å². The third-order valence-corrected chi connectivity index (χ3v) is 2.75. The molecule has 20 heavy (non-hydrogen) atoms. The normalized spacial score (nSPS) is 11.7. The van der Waals surface area contributed by atoms with Gasteiger partial charge in [-0.1, -0.05) is 6.07 Å². The second-order valence-electron chi connectivity index (χ2n) is 4.14. The maximum Gasteiger partial charge on any atom is 0.338 e. The van der Waals surface area contributed by atoms with E-state index >= 15 is 0 Å². The molecule has 0 radical (unpaired) electrons. The van der Waals surface area contributed by atoms with Gasteiger partial charge < -0.3 is 4.74 Å². The maximum absolute atomic E-state index is 11.9. The summed E-state index contributed by atoms with van der Waals surface area (Å²) >= 11 is 0. The Bertz CT molecular complexity index is 611. The average molecular weight is 272 g/mol. The minimum absolute atomic E-state index is 0.0677. The van der Waals surface area contributed by atoms with Gasteiger partial charge in [0.1, 0.15) is 6.10 Å². The Morgan fingerprint density at radius 2 is 2.00 bits per heavy atom. The van der Waals surface area contributed by atoms with Gasteiger partial charge in [-0.15, -0.1) is 0 Å². The van der Waals surface area contributed by atoms with E-state index in [1.54, 1.807) is 31.5 Å². The number of nitrogens with zero attached hydrogens (tertiary/aromatic N) is 2. The fourth-order valence-corrected chi connectivity index (χ4v) is 1.63. The minimum Gasteiger partial charge on any atom is -0.454 e. The van der Waals surface area contributed by atoms with E-state index in [1.165, 1.54) is 24.3 Å². The standard InChI is InChI=1S/C14H12N2O4/c1-10(12-3-2-8-15-9-12)20-14(17)11-4-6-13(7-5-11)16(18)19/h2-10H,1H3/t10-/m1/s1. The molecule has 0 saturated carbocycles. The average Bonchev–Trinajstić information content (AvgIpc) is 2.48. The smallest absolute Gasteiger partial charge is 0.338 e. The predicted octanol–water partition coefficient (Wildman–Crippen LogP) is 2.91. The van der Waals surface area contributed by atoms with Gasteiger partial charge in [-0.25, -0.2) is 4.79 Å². The van der Waals surface area contributed by atoms with E-state index in [-0.39, 0.29) is 11.3 Å².